The van der Waals surface area contributed by atoms with E-state index in [0.717, 1.165) is 19.3 Å². The van der Waals surface area contributed by atoms with E-state index in [2.05, 4.69) is 12.0 Å². The minimum Gasteiger partial charge on any atom is -0.337 e. The predicted molar refractivity (Wildman–Crippen MR) is 60.2 cm³/mol. The van der Waals surface area contributed by atoms with Crippen LogP contribution in [0.5, 0.6) is 0 Å². The van der Waals surface area contributed by atoms with Crippen LogP contribution in [-0.2, 0) is 0 Å². The van der Waals surface area contributed by atoms with Crippen molar-refractivity contribution in [2.24, 2.45) is 5.92 Å². The molecule has 5 heteroatoms. The molecular formula is C12H12FN3O. The van der Waals surface area contributed by atoms with E-state index >= 15 is 0 Å². The summed E-state index contributed by atoms with van der Waals surface area (Å²) in [6.45, 7) is 3.62. The van der Waals surface area contributed by atoms with E-state index in [4.69, 9.17) is 0 Å². The molecule has 1 fully saturated rings. The van der Waals surface area contributed by atoms with Gasteiger partial charge < -0.3 is 4.90 Å². The molecule has 17 heavy (non-hydrogen) atoms. The fraction of sp³-hybridized carbons (Fsp3) is 0.333. The van der Waals surface area contributed by atoms with Gasteiger partial charge in [0.2, 0.25) is 0 Å². The van der Waals surface area contributed by atoms with Crippen LogP contribution in [0, 0.1) is 11.7 Å². The lowest BCUT2D eigenvalue weighted by Gasteiger charge is -2.37. The minimum absolute atomic E-state index is 0.0863. The van der Waals surface area contributed by atoms with E-state index in [1.165, 1.54) is 4.52 Å². The SMILES string of the molecule is CC1CN(C(=O)c2cccc3c(F)cnn23)C1. The summed E-state index contributed by atoms with van der Waals surface area (Å²) < 4.78 is 14.7. The first-order valence-corrected chi connectivity index (χ1v) is 5.58. The van der Waals surface area contributed by atoms with Gasteiger partial charge in [-0.05, 0) is 18.1 Å². The number of pyridine rings is 1. The van der Waals surface area contributed by atoms with Gasteiger partial charge in [0.1, 0.15) is 11.2 Å². The van der Waals surface area contributed by atoms with Gasteiger partial charge in [0.05, 0.1) is 6.20 Å². The van der Waals surface area contributed by atoms with Gasteiger partial charge in [-0.3, -0.25) is 4.79 Å². The van der Waals surface area contributed by atoms with E-state index in [-0.39, 0.29) is 5.91 Å². The first kappa shape index (κ1) is 10.3. The molecular weight excluding hydrogens is 221 g/mol. The van der Waals surface area contributed by atoms with Gasteiger partial charge in [-0.1, -0.05) is 13.0 Å². The lowest BCUT2D eigenvalue weighted by Crippen LogP contribution is -2.49. The van der Waals surface area contributed by atoms with Crippen LogP contribution in [0.15, 0.2) is 24.4 Å². The molecule has 0 saturated carbocycles. The topological polar surface area (TPSA) is 37.6 Å². The number of amides is 1. The van der Waals surface area contributed by atoms with Crippen molar-refractivity contribution in [1.29, 1.82) is 0 Å². The fourth-order valence-corrected chi connectivity index (χ4v) is 2.17. The Morgan fingerprint density at radius 2 is 2.24 bits per heavy atom. The van der Waals surface area contributed by atoms with E-state index in [9.17, 15) is 9.18 Å². The number of carbonyl (C=O) groups excluding carboxylic acids is 1. The highest BCUT2D eigenvalue weighted by Gasteiger charge is 2.29. The Bertz CT molecular complexity index is 586. The zero-order valence-corrected chi connectivity index (χ0v) is 9.43. The Hall–Kier alpha value is -1.91. The maximum absolute atomic E-state index is 13.3. The normalized spacial score (nSPS) is 16.2. The fourth-order valence-electron chi connectivity index (χ4n) is 2.17. The van der Waals surface area contributed by atoms with Gasteiger partial charge in [-0.15, -0.1) is 0 Å². The smallest absolute Gasteiger partial charge is 0.272 e. The minimum atomic E-state index is -0.406. The molecule has 0 bridgehead atoms. The number of hydrogen-bond donors (Lipinski definition) is 0. The summed E-state index contributed by atoms with van der Waals surface area (Å²) in [5.74, 6) is 0.0564. The molecule has 0 aromatic carbocycles. The van der Waals surface area contributed by atoms with Gasteiger partial charge in [0.15, 0.2) is 5.82 Å². The molecule has 1 saturated heterocycles. The molecule has 1 aliphatic heterocycles. The molecule has 0 spiro atoms. The summed E-state index contributed by atoms with van der Waals surface area (Å²) in [5, 5.41) is 3.89. The quantitative estimate of drug-likeness (QED) is 0.749. The number of nitrogens with zero attached hydrogens (tertiary/aromatic N) is 3. The summed E-state index contributed by atoms with van der Waals surface area (Å²) in [4.78, 5) is 13.9. The van der Waals surface area contributed by atoms with Crippen LogP contribution in [0.1, 0.15) is 17.4 Å². The first-order chi connectivity index (χ1) is 8.16. The molecule has 2 aromatic heterocycles. The standard InChI is InChI=1S/C12H12FN3O/c1-8-6-15(7-8)12(17)11-4-2-3-10-9(13)5-14-16(10)11/h2-5,8H,6-7H2,1H3. The molecule has 0 unspecified atom stereocenters. The second kappa shape index (κ2) is 3.55. The molecule has 1 amide bonds. The average Bonchev–Trinajstić information content (AvgIpc) is 2.66. The molecule has 0 radical (unpaired) electrons. The van der Waals surface area contributed by atoms with Crippen LogP contribution in [0.3, 0.4) is 0 Å². The molecule has 0 N–H and O–H groups in total. The first-order valence-electron chi connectivity index (χ1n) is 5.58. The average molecular weight is 233 g/mol. The molecule has 4 nitrogen and oxygen atoms in total. The van der Waals surface area contributed by atoms with Gasteiger partial charge in [0.25, 0.3) is 5.91 Å². The van der Waals surface area contributed by atoms with Crippen molar-refractivity contribution in [2.45, 2.75) is 6.92 Å². The van der Waals surface area contributed by atoms with Crippen LogP contribution in [0.4, 0.5) is 4.39 Å². The lowest BCUT2D eigenvalue weighted by molar-refractivity contribution is 0.0521. The Labute approximate surface area is 97.6 Å². The van der Waals surface area contributed by atoms with Crippen molar-refractivity contribution in [2.75, 3.05) is 13.1 Å². The number of halogens is 1. The number of fused-ring (bicyclic) bond motifs is 1. The van der Waals surface area contributed by atoms with E-state index in [1.807, 2.05) is 0 Å². The third-order valence-electron chi connectivity index (χ3n) is 3.07. The Morgan fingerprint density at radius 3 is 2.94 bits per heavy atom. The van der Waals surface area contributed by atoms with Gasteiger partial charge in [-0.2, -0.15) is 5.10 Å². The predicted octanol–water partition coefficient (Wildman–Crippen LogP) is 1.57. The number of aromatic nitrogens is 2. The molecule has 0 atom stereocenters. The maximum Gasteiger partial charge on any atom is 0.272 e. The molecule has 1 aliphatic rings. The van der Waals surface area contributed by atoms with Crippen molar-refractivity contribution in [3.8, 4) is 0 Å². The summed E-state index contributed by atoms with van der Waals surface area (Å²) in [7, 11) is 0. The Morgan fingerprint density at radius 1 is 1.47 bits per heavy atom. The zero-order valence-electron chi connectivity index (χ0n) is 9.43. The summed E-state index contributed by atoms with van der Waals surface area (Å²) in [5.41, 5.74) is 0.753. The number of hydrogen-bond acceptors (Lipinski definition) is 2. The second-order valence-corrected chi connectivity index (χ2v) is 4.52. The van der Waals surface area contributed by atoms with Crippen molar-refractivity contribution >= 4 is 11.4 Å². The van der Waals surface area contributed by atoms with Crippen molar-refractivity contribution < 1.29 is 9.18 Å². The Kier molecular flexibility index (Phi) is 2.14. The highest BCUT2D eigenvalue weighted by molar-refractivity contribution is 5.93. The van der Waals surface area contributed by atoms with Crippen molar-refractivity contribution in [1.82, 2.24) is 14.5 Å². The molecule has 2 aromatic rings. The van der Waals surface area contributed by atoms with Crippen LogP contribution in [0.25, 0.3) is 5.52 Å². The van der Waals surface area contributed by atoms with Crippen molar-refractivity contribution in [3.63, 3.8) is 0 Å². The number of likely N-dealkylation sites (tertiary alicyclic amines) is 1. The number of rotatable bonds is 1. The van der Waals surface area contributed by atoms with Crippen LogP contribution < -0.4 is 0 Å². The van der Waals surface area contributed by atoms with E-state index in [1.54, 1.807) is 23.1 Å². The number of carbonyl (C=O) groups is 1. The van der Waals surface area contributed by atoms with Crippen LogP contribution in [0.2, 0.25) is 0 Å². The molecule has 3 heterocycles. The molecule has 0 aliphatic carbocycles. The van der Waals surface area contributed by atoms with Crippen LogP contribution >= 0.6 is 0 Å². The third-order valence-corrected chi connectivity index (χ3v) is 3.07. The van der Waals surface area contributed by atoms with Gasteiger partial charge >= 0.3 is 0 Å². The summed E-state index contributed by atoms with van der Waals surface area (Å²) >= 11 is 0. The maximum atomic E-state index is 13.3. The summed E-state index contributed by atoms with van der Waals surface area (Å²) in [6.07, 6.45) is 1.13. The Balaban J connectivity index is 2.02. The zero-order chi connectivity index (χ0) is 12.0. The molecule has 88 valence electrons. The van der Waals surface area contributed by atoms with Crippen LogP contribution in [-0.4, -0.2) is 33.5 Å². The van der Waals surface area contributed by atoms with Gasteiger partial charge in [0, 0.05) is 13.1 Å². The molecule has 3 rings (SSSR count). The van der Waals surface area contributed by atoms with Crippen molar-refractivity contribution in [3.05, 3.63) is 35.9 Å². The highest BCUT2D eigenvalue weighted by atomic mass is 19.1. The monoisotopic (exact) mass is 233 g/mol. The summed E-state index contributed by atoms with van der Waals surface area (Å²) in [6, 6.07) is 4.96. The third kappa shape index (κ3) is 1.50. The highest BCUT2D eigenvalue weighted by Crippen LogP contribution is 2.19. The van der Waals surface area contributed by atoms with Gasteiger partial charge in [-0.25, -0.2) is 8.91 Å². The van der Waals surface area contributed by atoms with E-state index in [0.29, 0.717) is 17.1 Å². The lowest BCUT2D eigenvalue weighted by atomic mass is 10.0. The second-order valence-electron chi connectivity index (χ2n) is 4.52. The van der Waals surface area contributed by atoms with E-state index < -0.39 is 5.82 Å². The largest absolute Gasteiger partial charge is 0.337 e.